The van der Waals surface area contributed by atoms with Gasteiger partial charge in [-0.05, 0) is 35.7 Å². The summed E-state index contributed by atoms with van der Waals surface area (Å²) in [5, 5.41) is 11.9. The minimum absolute atomic E-state index is 0.0951. The molecule has 1 N–H and O–H groups in total. The molecule has 0 radical (unpaired) electrons. The first-order valence-electron chi connectivity index (χ1n) is 6.59. The lowest BCUT2D eigenvalue weighted by Crippen LogP contribution is -2.26. The maximum atomic E-state index is 12.4. The van der Waals surface area contributed by atoms with Crippen molar-refractivity contribution in [2.45, 2.75) is 6.04 Å². The zero-order chi connectivity index (χ0) is 15.7. The van der Waals surface area contributed by atoms with Gasteiger partial charge in [0, 0.05) is 11.9 Å². The second kappa shape index (κ2) is 5.65. The number of rotatable bonds is 4. The summed E-state index contributed by atoms with van der Waals surface area (Å²) in [6, 6.07) is 6.54. The molecule has 0 aliphatic carbocycles. The van der Waals surface area contributed by atoms with Crippen molar-refractivity contribution in [1.82, 2.24) is 4.90 Å². The fourth-order valence-corrected chi connectivity index (χ4v) is 3.26. The summed E-state index contributed by atoms with van der Waals surface area (Å²) >= 11 is 1.43. The minimum atomic E-state index is -0.554. The van der Waals surface area contributed by atoms with Crippen LogP contribution in [0.25, 0.3) is 6.08 Å². The van der Waals surface area contributed by atoms with Crippen molar-refractivity contribution in [3.63, 3.8) is 0 Å². The lowest BCUT2D eigenvalue weighted by atomic mass is 10.0. The minimum Gasteiger partial charge on any atom is -0.503 e. The third-order valence-corrected chi connectivity index (χ3v) is 4.38. The third kappa shape index (κ3) is 2.37. The van der Waals surface area contributed by atoms with E-state index in [1.165, 1.54) is 34.7 Å². The van der Waals surface area contributed by atoms with Crippen LogP contribution in [0.3, 0.4) is 0 Å². The van der Waals surface area contributed by atoms with Crippen LogP contribution in [0.2, 0.25) is 0 Å². The highest BCUT2D eigenvalue weighted by molar-refractivity contribution is 7.10. The van der Waals surface area contributed by atoms with Crippen molar-refractivity contribution in [1.29, 1.82) is 0 Å². The van der Waals surface area contributed by atoms with E-state index >= 15 is 0 Å². The number of carbonyl (C=O) groups is 2. The second-order valence-corrected chi connectivity index (χ2v) is 5.79. The van der Waals surface area contributed by atoms with Gasteiger partial charge >= 0.3 is 0 Å². The maximum absolute atomic E-state index is 12.4. The summed E-state index contributed by atoms with van der Waals surface area (Å²) in [5.41, 5.74) is 0.0951. The molecule has 2 aromatic rings. The average molecular weight is 315 g/mol. The summed E-state index contributed by atoms with van der Waals surface area (Å²) < 4.78 is 5.12. The quantitative estimate of drug-likeness (QED) is 0.881. The molecule has 1 unspecified atom stereocenters. The van der Waals surface area contributed by atoms with Crippen LogP contribution in [0.5, 0.6) is 0 Å². The summed E-state index contributed by atoms with van der Waals surface area (Å²) in [6.45, 7) is 0. The first kappa shape index (κ1) is 14.3. The second-order valence-electron chi connectivity index (χ2n) is 4.81. The van der Waals surface area contributed by atoms with Gasteiger partial charge in [0.15, 0.2) is 11.5 Å². The van der Waals surface area contributed by atoms with Crippen molar-refractivity contribution in [3.05, 3.63) is 64.0 Å². The molecule has 112 valence electrons. The topological polar surface area (TPSA) is 70.8 Å². The van der Waals surface area contributed by atoms with Crippen molar-refractivity contribution in [2.24, 2.45) is 0 Å². The van der Waals surface area contributed by atoms with Crippen molar-refractivity contribution >= 4 is 29.1 Å². The number of nitrogens with zero attached hydrogens (tertiary/aromatic N) is 1. The van der Waals surface area contributed by atoms with E-state index in [4.69, 9.17) is 4.42 Å². The molecule has 1 aliphatic heterocycles. The Bertz CT molecular complexity index is 756. The summed E-state index contributed by atoms with van der Waals surface area (Å²) in [5.74, 6) is -0.924. The molecule has 0 saturated carbocycles. The van der Waals surface area contributed by atoms with E-state index in [1.807, 2.05) is 17.5 Å². The van der Waals surface area contributed by atoms with Crippen LogP contribution < -0.4 is 0 Å². The fraction of sp³-hybridized carbons (Fsp3) is 0.125. The highest BCUT2D eigenvalue weighted by Gasteiger charge is 2.41. The Balaban J connectivity index is 1.95. The Hall–Kier alpha value is -2.60. The number of amides is 1. The highest BCUT2D eigenvalue weighted by Crippen LogP contribution is 2.38. The van der Waals surface area contributed by atoms with Crippen LogP contribution in [0, 0.1) is 0 Å². The zero-order valence-electron chi connectivity index (χ0n) is 11.7. The number of allylic oxidation sites excluding steroid dienone is 1. The molecular formula is C16H13NO4S. The molecule has 0 spiro atoms. The molecule has 0 aromatic carbocycles. The highest BCUT2D eigenvalue weighted by atomic mass is 32.1. The Morgan fingerprint density at radius 2 is 2.23 bits per heavy atom. The van der Waals surface area contributed by atoms with Gasteiger partial charge in [0.05, 0.1) is 17.9 Å². The first-order chi connectivity index (χ1) is 10.6. The Morgan fingerprint density at radius 3 is 2.86 bits per heavy atom. The Kier molecular flexibility index (Phi) is 3.68. The van der Waals surface area contributed by atoms with Crippen LogP contribution in [0.4, 0.5) is 0 Å². The Labute approximate surface area is 130 Å². The lowest BCUT2D eigenvalue weighted by Gasteiger charge is -2.20. The zero-order valence-corrected chi connectivity index (χ0v) is 12.5. The molecule has 0 saturated heterocycles. The van der Waals surface area contributed by atoms with E-state index in [-0.39, 0.29) is 5.57 Å². The normalized spacial score (nSPS) is 18.7. The van der Waals surface area contributed by atoms with Crippen molar-refractivity contribution in [2.75, 3.05) is 7.05 Å². The van der Waals surface area contributed by atoms with E-state index in [9.17, 15) is 14.7 Å². The standard InChI is InChI=1S/C16H13NO4S/c1-17-14(12-5-3-9-22-12)13(15(19)16(17)20)11(18)7-6-10-4-2-8-21-10/h2-9,14,19H,1H3/b7-6+. The van der Waals surface area contributed by atoms with Crippen LogP contribution in [0.15, 0.2) is 57.7 Å². The number of aliphatic hydroxyl groups excluding tert-OH is 1. The van der Waals surface area contributed by atoms with Gasteiger partial charge in [-0.15, -0.1) is 11.3 Å². The van der Waals surface area contributed by atoms with Gasteiger partial charge in [0.1, 0.15) is 5.76 Å². The van der Waals surface area contributed by atoms with Crippen molar-refractivity contribution < 1.29 is 19.1 Å². The largest absolute Gasteiger partial charge is 0.503 e. The van der Waals surface area contributed by atoms with Gasteiger partial charge in [-0.1, -0.05) is 6.07 Å². The molecular weight excluding hydrogens is 302 g/mol. The number of hydrogen-bond donors (Lipinski definition) is 1. The average Bonchev–Trinajstić information content (AvgIpc) is 3.23. The SMILES string of the molecule is CN1C(=O)C(O)=C(C(=O)/C=C/c2ccco2)C1c1cccs1. The molecule has 0 bridgehead atoms. The number of carbonyl (C=O) groups excluding carboxylic acids is 2. The fourth-order valence-electron chi connectivity index (χ4n) is 2.39. The lowest BCUT2D eigenvalue weighted by molar-refractivity contribution is -0.128. The molecule has 2 aromatic heterocycles. The molecule has 1 aliphatic rings. The van der Waals surface area contributed by atoms with Crippen LogP contribution >= 0.6 is 11.3 Å². The molecule has 5 nitrogen and oxygen atoms in total. The van der Waals surface area contributed by atoms with E-state index in [0.717, 1.165) is 4.88 Å². The number of hydrogen-bond acceptors (Lipinski definition) is 5. The molecule has 0 fully saturated rings. The van der Waals surface area contributed by atoms with Gasteiger partial charge in [0.2, 0.25) is 0 Å². The molecule has 1 amide bonds. The molecule has 3 heterocycles. The van der Waals surface area contributed by atoms with Gasteiger partial charge in [-0.25, -0.2) is 0 Å². The number of furan rings is 1. The molecule has 22 heavy (non-hydrogen) atoms. The Morgan fingerprint density at radius 1 is 1.41 bits per heavy atom. The maximum Gasteiger partial charge on any atom is 0.289 e. The van der Waals surface area contributed by atoms with Crippen LogP contribution in [0.1, 0.15) is 16.7 Å². The molecule has 1 atom stereocenters. The van der Waals surface area contributed by atoms with Gasteiger partial charge in [-0.3, -0.25) is 9.59 Å². The third-order valence-electron chi connectivity index (χ3n) is 3.46. The van der Waals surface area contributed by atoms with Crippen LogP contribution in [-0.2, 0) is 9.59 Å². The predicted molar refractivity (Wildman–Crippen MR) is 82.2 cm³/mol. The number of likely N-dealkylation sites (N-methyl/N-ethyl adjacent to an activating group) is 1. The van der Waals surface area contributed by atoms with Crippen LogP contribution in [-0.4, -0.2) is 28.7 Å². The summed E-state index contributed by atoms with van der Waals surface area (Å²) in [4.78, 5) is 26.6. The van der Waals surface area contributed by atoms with E-state index in [0.29, 0.717) is 5.76 Å². The number of thiophene rings is 1. The summed E-state index contributed by atoms with van der Waals surface area (Å²) in [6.07, 6.45) is 4.32. The van der Waals surface area contributed by atoms with E-state index < -0.39 is 23.5 Å². The van der Waals surface area contributed by atoms with E-state index in [1.54, 1.807) is 19.2 Å². The van der Waals surface area contributed by atoms with Gasteiger partial charge in [0.25, 0.3) is 5.91 Å². The molecule has 3 rings (SSSR count). The van der Waals surface area contributed by atoms with Crippen molar-refractivity contribution in [3.8, 4) is 0 Å². The predicted octanol–water partition coefficient (Wildman–Crippen LogP) is 2.95. The van der Waals surface area contributed by atoms with Gasteiger partial charge in [-0.2, -0.15) is 0 Å². The number of aliphatic hydroxyl groups is 1. The van der Waals surface area contributed by atoms with Gasteiger partial charge < -0.3 is 14.4 Å². The summed E-state index contributed by atoms with van der Waals surface area (Å²) in [7, 11) is 1.57. The molecule has 6 heteroatoms. The smallest absolute Gasteiger partial charge is 0.289 e. The number of ketones is 1. The first-order valence-corrected chi connectivity index (χ1v) is 7.47. The van der Waals surface area contributed by atoms with E-state index in [2.05, 4.69) is 0 Å². The monoisotopic (exact) mass is 315 g/mol.